The Balaban J connectivity index is 1.96. The molecule has 0 bridgehead atoms. The fraction of sp³-hybridized carbons (Fsp3) is 0.733. The fourth-order valence-electron chi connectivity index (χ4n) is 3.42. The first-order valence-electron chi connectivity index (χ1n) is 7.82. The van der Waals surface area contributed by atoms with E-state index in [1.54, 1.807) is 19.0 Å². The van der Waals surface area contributed by atoms with E-state index in [1.165, 1.54) is 4.90 Å². The molecule has 0 amide bonds. The van der Waals surface area contributed by atoms with Crippen LogP contribution in [-0.4, -0.2) is 62.1 Å². The lowest BCUT2D eigenvalue weighted by Gasteiger charge is -2.36. The summed E-state index contributed by atoms with van der Waals surface area (Å²) >= 11 is 0. The molecule has 0 unspecified atom stereocenters. The highest BCUT2D eigenvalue weighted by Crippen LogP contribution is 2.43. The van der Waals surface area contributed by atoms with Gasteiger partial charge in [0.2, 0.25) is 5.95 Å². The molecule has 134 valence electrons. The summed E-state index contributed by atoms with van der Waals surface area (Å²) in [6.45, 7) is 1.97. The summed E-state index contributed by atoms with van der Waals surface area (Å²) in [6.07, 6.45) is -3.75. The van der Waals surface area contributed by atoms with Crippen LogP contribution < -0.4 is 9.80 Å². The Morgan fingerprint density at radius 1 is 1.42 bits per heavy atom. The molecule has 2 aliphatic heterocycles. The molecule has 0 saturated carbocycles. The average molecular weight is 346 g/mol. The van der Waals surface area contributed by atoms with Gasteiger partial charge in [-0.2, -0.15) is 18.2 Å². The van der Waals surface area contributed by atoms with Crippen LogP contribution in [0.3, 0.4) is 0 Å². The molecule has 1 N–H and O–H groups in total. The minimum Gasteiger partial charge on any atom is -0.396 e. The van der Waals surface area contributed by atoms with Gasteiger partial charge in [0, 0.05) is 45.3 Å². The molecule has 2 aliphatic rings. The normalized spacial score (nSPS) is 27.2. The molecular formula is C15H21F3N4O2. The highest BCUT2D eigenvalue weighted by molar-refractivity contribution is 5.48. The smallest absolute Gasteiger partial charge is 0.396 e. The van der Waals surface area contributed by atoms with Crippen molar-refractivity contribution in [3.05, 3.63) is 11.8 Å². The van der Waals surface area contributed by atoms with E-state index in [0.29, 0.717) is 26.3 Å². The van der Waals surface area contributed by atoms with Gasteiger partial charge in [-0.15, -0.1) is 0 Å². The molecular weight excluding hydrogens is 325 g/mol. The summed E-state index contributed by atoms with van der Waals surface area (Å²) in [5.41, 5.74) is -1.39. The van der Waals surface area contributed by atoms with Crippen LogP contribution >= 0.6 is 0 Å². The maximum absolute atomic E-state index is 13.1. The summed E-state index contributed by atoms with van der Waals surface area (Å²) in [7, 11) is 3.21. The van der Waals surface area contributed by atoms with E-state index in [4.69, 9.17) is 4.74 Å². The number of aliphatic hydroxyl groups excluding tert-OH is 1. The summed E-state index contributed by atoms with van der Waals surface area (Å²) in [5, 5.41) is 9.82. The van der Waals surface area contributed by atoms with Gasteiger partial charge >= 0.3 is 6.18 Å². The summed E-state index contributed by atoms with van der Waals surface area (Å²) in [4.78, 5) is 11.1. The van der Waals surface area contributed by atoms with Gasteiger partial charge in [-0.1, -0.05) is 0 Å². The first kappa shape index (κ1) is 17.2. The summed E-state index contributed by atoms with van der Waals surface area (Å²) < 4.78 is 44.9. The zero-order valence-electron chi connectivity index (χ0n) is 13.7. The fourth-order valence-corrected chi connectivity index (χ4v) is 3.42. The SMILES string of the molecule is CN(C)c1nc(N2C[C@@H]3CCOC[C@]3(CO)C2)cc(C(F)(F)F)n1. The van der Waals surface area contributed by atoms with Gasteiger partial charge in [-0.3, -0.25) is 0 Å². The van der Waals surface area contributed by atoms with E-state index in [0.717, 1.165) is 12.5 Å². The first-order valence-corrected chi connectivity index (χ1v) is 7.82. The van der Waals surface area contributed by atoms with E-state index in [-0.39, 0.29) is 24.3 Å². The maximum Gasteiger partial charge on any atom is 0.433 e. The van der Waals surface area contributed by atoms with Crippen molar-refractivity contribution in [2.75, 3.05) is 56.8 Å². The largest absolute Gasteiger partial charge is 0.433 e. The maximum atomic E-state index is 13.1. The Hall–Kier alpha value is -1.61. The topological polar surface area (TPSA) is 61.7 Å². The van der Waals surface area contributed by atoms with Crippen LogP contribution in [0.1, 0.15) is 12.1 Å². The number of aliphatic hydroxyl groups is 1. The molecule has 3 heterocycles. The number of anilines is 2. The van der Waals surface area contributed by atoms with E-state index < -0.39 is 17.3 Å². The monoisotopic (exact) mass is 346 g/mol. The number of hydrogen-bond acceptors (Lipinski definition) is 6. The van der Waals surface area contributed by atoms with Crippen LogP contribution in [0.5, 0.6) is 0 Å². The molecule has 2 saturated heterocycles. The third-order valence-corrected chi connectivity index (χ3v) is 4.84. The molecule has 0 spiro atoms. The van der Waals surface area contributed by atoms with Gasteiger partial charge in [0.05, 0.1) is 13.2 Å². The lowest BCUT2D eigenvalue weighted by Crippen LogP contribution is -2.43. The number of halogens is 3. The van der Waals surface area contributed by atoms with Crippen LogP contribution in [0.15, 0.2) is 6.07 Å². The Bertz CT molecular complexity index is 611. The predicted octanol–water partition coefficient (Wildman–Crippen LogP) is 1.40. The van der Waals surface area contributed by atoms with Crippen LogP contribution in [0.25, 0.3) is 0 Å². The van der Waals surface area contributed by atoms with Gasteiger partial charge in [-0.05, 0) is 12.3 Å². The summed E-state index contributed by atoms with van der Waals surface area (Å²) in [6, 6.07) is 0.982. The van der Waals surface area contributed by atoms with Crippen LogP contribution in [-0.2, 0) is 10.9 Å². The number of alkyl halides is 3. The third kappa shape index (κ3) is 3.02. The average Bonchev–Trinajstić information content (AvgIpc) is 2.93. The molecule has 9 heteroatoms. The van der Waals surface area contributed by atoms with Crippen molar-refractivity contribution in [1.29, 1.82) is 0 Å². The quantitative estimate of drug-likeness (QED) is 0.893. The van der Waals surface area contributed by atoms with Crippen LogP contribution in [0, 0.1) is 11.3 Å². The predicted molar refractivity (Wildman–Crippen MR) is 82.0 cm³/mol. The van der Waals surface area contributed by atoms with Crippen molar-refractivity contribution in [2.45, 2.75) is 12.6 Å². The van der Waals surface area contributed by atoms with E-state index in [1.807, 2.05) is 0 Å². The Morgan fingerprint density at radius 3 is 2.75 bits per heavy atom. The minimum absolute atomic E-state index is 0.0176. The lowest BCUT2D eigenvalue weighted by atomic mass is 9.76. The number of hydrogen-bond donors (Lipinski definition) is 1. The van der Waals surface area contributed by atoms with Crippen LogP contribution in [0.4, 0.5) is 24.9 Å². The zero-order chi connectivity index (χ0) is 17.5. The van der Waals surface area contributed by atoms with Crippen molar-refractivity contribution < 1.29 is 23.0 Å². The molecule has 2 atom stereocenters. The second kappa shape index (κ2) is 6.03. The van der Waals surface area contributed by atoms with E-state index in [9.17, 15) is 18.3 Å². The zero-order valence-corrected chi connectivity index (χ0v) is 13.7. The van der Waals surface area contributed by atoms with Gasteiger partial charge in [-0.25, -0.2) is 4.98 Å². The molecule has 24 heavy (non-hydrogen) atoms. The molecule has 0 radical (unpaired) electrons. The Morgan fingerprint density at radius 2 is 2.17 bits per heavy atom. The molecule has 6 nitrogen and oxygen atoms in total. The number of fused-ring (bicyclic) bond motifs is 1. The van der Waals surface area contributed by atoms with E-state index >= 15 is 0 Å². The van der Waals surface area contributed by atoms with Crippen LogP contribution in [0.2, 0.25) is 0 Å². The molecule has 0 aromatic carbocycles. The lowest BCUT2D eigenvalue weighted by molar-refractivity contribution is -0.141. The highest BCUT2D eigenvalue weighted by atomic mass is 19.4. The first-order chi connectivity index (χ1) is 11.2. The molecule has 1 aromatic heterocycles. The van der Waals surface area contributed by atoms with Crippen molar-refractivity contribution >= 4 is 11.8 Å². The van der Waals surface area contributed by atoms with E-state index in [2.05, 4.69) is 9.97 Å². The standard InChI is InChI=1S/C15H21F3N4O2/c1-21(2)13-19-11(15(16,17)18)5-12(20-13)22-6-10-3-4-24-9-14(10,7-22)8-23/h5,10,23H,3-4,6-9H2,1-2H3/t10-,14+/m0/s1. The second-order valence-electron chi connectivity index (χ2n) is 6.74. The van der Waals surface area contributed by atoms with Crippen molar-refractivity contribution in [3.8, 4) is 0 Å². The van der Waals surface area contributed by atoms with Gasteiger partial charge in [0.15, 0.2) is 5.69 Å². The number of aromatic nitrogens is 2. The molecule has 3 rings (SSSR count). The van der Waals surface area contributed by atoms with Crippen molar-refractivity contribution in [2.24, 2.45) is 11.3 Å². The Kier molecular flexibility index (Phi) is 4.33. The van der Waals surface area contributed by atoms with Gasteiger partial charge < -0.3 is 19.6 Å². The third-order valence-electron chi connectivity index (χ3n) is 4.84. The molecule has 0 aliphatic carbocycles. The Labute approximate surface area is 138 Å². The number of rotatable bonds is 3. The highest BCUT2D eigenvalue weighted by Gasteiger charge is 2.49. The second-order valence-corrected chi connectivity index (χ2v) is 6.74. The number of nitrogens with zero attached hydrogens (tertiary/aromatic N) is 4. The minimum atomic E-state index is -4.54. The summed E-state index contributed by atoms with van der Waals surface area (Å²) in [5.74, 6) is 0.440. The van der Waals surface area contributed by atoms with Gasteiger partial charge in [0.25, 0.3) is 0 Å². The molecule has 1 aromatic rings. The number of ether oxygens (including phenoxy) is 1. The molecule has 2 fully saturated rings. The van der Waals surface area contributed by atoms with Crippen molar-refractivity contribution in [3.63, 3.8) is 0 Å². The van der Waals surface area contributed by atoms with Gasteiger partial charge in [0.1, 0.15) is 5.82 Å². The van der Waals surface area contributed by atoms with Crippen molar-refractivity contribution in [1.82, 2.24) is 9.97 Å².